The maximum absolute atomic E-state index is 12.1. The maximum atomic E-state index is 12.1. The van der Waals surface area contributed by atoms with Crippen LogP contribution in [-0.4, -0.2) is 41.6 Å². The lowest BCUT2D eigenvalue weighted by Crippen LogP contribution is -2.45. The van der Waals surface area contributed by atoms with E-state index < -0.39 is 0 Å². The fourth-order valence-corrected chi connectivity index (χ4v) is 3.19. The van der Waals surface area contributed by atoms with Gasteiger partial charge in [-0.25, -0.2) is 0 Å². The lowest BCUT2D eigenvalue weighted by molar-refractivity contribution is -0.132. The number of carbonyl (C=O) groups is 1. The number of hydrogen-bond donors (Lipinski definition) is 1. The van der Waals surface area contributed by atoms with E-state index in [0.29, 0.717) is 5.91 Å². The molecule has 0 spiro atoms. The summed E-state index contributed by atoms with van der Waals surface area (Å²) in [5, 5.41) is 3.26. The van der Waals surface area contributed by atoms with Crippen LogP contribution in [-0.2, 0) is 4.79 Å². The van der Waals surface area contributed by atoms with Gasteiger partial charge in [0.15, 0.2) is 0 Å². The van der Waals surface area contributed by atoms with Crippen LogP contribution in [0.5, 0.6) is 0 Å². The van der Waals surface area contributed by atoms with Crippen molar-refractivity contribution in [3.8, 4) is 0 Å². The molecule has 1 amide bonds. The number of nitrogens with one attached hydrogen (secondary N) is 1. The molecule has 2 aliphatic heterocycles. The van der Waals surface area contributed by atoms with Gasteiger partial charge in [0.1, 0.15) is 0 Å². The highest BCUT2D eigenvalue weighted by Crippen LogP contribution is 2.19. The third-order valence-electron chi connectivity index (χ3n) is 3.34. The summed E-state index contributed by atoms with van der Waals surface area (Å²) >= 11 is 1.82. The highest BCUT2D eigenvalue weighted by molar-refractivity contribution is 7.99. The molecular formula is C11H20N2OS. The molecule has 2 aliphatic rings. The minimum atomic E-state index is 0.0865. The monoisotopic (exact) mass is 228 g/mol. The quantitative estimate of drug-likeness (QED) is 0.734. The molecule has 86 valence electrons. The first-order chi connectivity index (χ1) is 7.27. The summed E-state index contributed by atoms with van der Waals surface area (Å²) in [6, 6.07) is 0.0865. The fraction of sp³-hybridized carbons (Fsp3) is 0.909. The summed E-state index contributed by atoms with van der Waals surface area (Å²) in [5.74, 6) is 2.99. The number of nitrogens with zero attached hydrogens (tertiary/aromatic N) is 1. The van der Waals surface area contributed by atoms with Crippen molar-refractivity contribution in [3.05, 3.63) is 0 Å². The van der Waals surface area contributed by atoms with E-state index in [0.717, 1.165) is 30.6 Å². The van der Waals surface area contributed by atoms with Gasteiger partial charge in [0, 0.05) is 24.7 Å². The normalized spacial score (nSPS) is 32.7. The predicted octanol–water partition coefficient (Wildman–Crippen LogP) is 1.30. The van der Waals surface area contributed by atoms with Crippen LogP contribution < -0.4 is 5.32 Å². The molecule has 15 heavy (non-hydrogen) atoms. The number of amides is 1. The Bertz CT molecular complexity index is 229. The lowest BCUT2D eigenvalue weighted by atomic mass is 10.0. The van der Waals surface area contributed by atoms with Crippen LogP contribution in [0.1, 0.15) is 26.2 Å². The number of thioether (sulfide) groups is 1. The SMILES string of the molecule is C[C@@H]1CCCN(C(=O)C2CSCN2)CC1. The largest absolute Gasteiger partial charge is 0.341 e. The Labute approximate surface area is 96.0 Å². The predicted molar refractivity (Wildman–Crippen MR) is 63.8 cm³/mol. The Balaban J connectivity index is 1.88. The third kappa shape index (κ3) is 2.88. The smallest absolute Gasteiger partial charge is 0.240 e. The van der Waals surface area contributed by atoms with Crippen molar-refractivity contribution in [2.24, 2.45) is 5.92 Å². The minimum Gasteiger partial charge on any atom is -0.341 e. The highest BCUT2D eigenvalue weighted by atomic mass is 32.2. The second-order valence-corrected chi connectivity index (χ2v) is 5.66. The van der Waals surface area contributed by atoms with E-state index in [-0.39, 0.29) is 6.04 Å². The molecule has 1 N–H and O–H groups in total. The van der Waals surface area contributed by atoms with Crippen molar-refractivity contribution >= 4 is 17.7 Å². The molecule has 0 aromatic rings. The topological polar surface area (TPSA) is 32.3 Å². The molecule has 2 atom stereocenters. The number of carbonyl (C=O) groups excluding carboxylic acids is 1. The summed E-state index contributed by atoms with van der Waals surface area (Å²) in [5.41, 5.74) is 0. The summed E-state index contributed by atoms with van der Waals surface area (Å²) < 4.78 is 0. The van der Waals surface area contributed by atoms with Gasteiger partial charge in [-0.05, 0) is 25.2 Å². The molecule has 4 heteroatoms. The van der Waals surface area contributed by atoms with E-state index in [1.54, 1.807) is 0 Å². The molecule has 1 unspecified atom stereocenters. The Morgan fingerprint density at radius 3 is 3.00 bits per heavy atom. The number of likely N-dealkylation sites (tertiary alicyclic amines) is 1. The molecule has 0 saturated carbocycles. The molecule has 2 heterocycles. The van der Waals surface area contributed by atoms with E-state index >= 15 is 0 Å². The molecule has 2 saturated heterocycles. The van der Waals surface area contributed by atoms with Gasteiger partial charge in [-0.1, -0.05) is 6.92 Å². The first kappa shape index (κ1) is 11.3. The molecule has 0 bridgehead atoms. The van der Waals surface area contributed by atoms with Crippen LogP contribution in [0.25, 0.3) is 0 Å². The standard InChI is InChI=1S/C11H20N2OS/c1-9-3-2-5-13(6-4-9)11(14)10-7-15-8-12-10/h9-10,12H,2-8H2,1H3/t9-,10?/m1/s1. The van der Waals surface area contributed by atoms with E-state index in [1.807, 2.05) is 11.8 Å². The van der Waals surface area contributed by atoms with Crippen LogP contribution in [0.15, 0.2) is 0 Å². The average Bonchev–Trinajstić information content (AvgIpc) is 2.67. The Morgan fingerprint density at radius 2 is 2.27 bits per heavy atom. The van der Waals surface area contributed by atoms with Gasteiger partial charge in [0.05, 0.1) is 6.04 Å². The summed E-state index contributed by atoms with van der Waals surface area (Å²) in [4.78, 5) is 14.2. The molecule has 3 nitrogen and oxygen atoms in total. The van der Waals surface area contributed by atoms with Crippen molar-refractivity contribution in [3.63, 3.8) is 0 Å². The molecule has 0 radical (unpaired) electrons. The average molecular weight is 228 g/mol. The molecule has 2 rings (SSSR count). The zero-order valence-electron chi connectivity index (χ0n) is 9.37. The number of rotatable bonds is 1. The van der Waals surface area contributed by atoms with Gasteiger partial charge >= 0.3 is 0 Å². The third-order valence-corrected chi connectivity index (χ3v) is 4.28. The first-order valence-corrected chi connectivity index (χ1v) is 7.03. The van der Waals surface area contributed by atoms with Gasteiger partial charge in [-0.3, -0.25) is 10.1 Å². The van der Waals surface area contributed by atoms with Crippen molar-refractivity contribution in [1.82, 2.24) is 10.2 Å². The zero-order chi connectivity index (χ0) is 10.7. The Morgan fingerprint density at radius 1 is 1.40 bits per heavy atom. The highest BCUT2D eigenvalue weighted by Gasteiger charge is 2.28. The molecule has 0 aromatic carbocycles. The second kappa shape index (κ2) is 5.21. The van der Waals surface area contributed by atoms with Crippen LogP contribution in [0, 0.1) is 5.92 Å². The second-order valence-electron chi connectivity index (χ2n) is 4.63. The Hall–Kier alpha value is -0.220. The van der Waals surface area contributed by atoms with Crippen molar-refractivity contribution < 1.29 is 4.79 Å². The molecular weight excluding hydrogens is 208 g/mol. The summed E-state index contributed by atoms with van der Waals surface area (Å²) in [6.07, 6.45) is 3.62. The van der Waals surface area contributed by atoms with Crippen LogP contribution in [0.4, 0.5) is 0 Å². The molecule has 2 fully saturated rings. The van der Waals surface area contributed by atoms with Crippen LogP contribution in [0.2, 0.25) is 0 Å². The van der Waals surface area contributed by atoms with Gasteiger partial charge in [0.2, 0.25) is 5.91 Å². The lowest BCUT2D eigenvalue weighted by Gasteiger charge is -2.23. The van der Waals surface area contributed by atoms with E-state index in [4.69, 9.17) is 0 Å². The van der Waals surface area contributed by atoms with Gasteiger partial charge in [-0.2, -0.15) is 0 Å². The molecule has 0 aliphatic carbocycles. The van der Waals surface area contributed by atoms with Crippen molar-refractivity contribution in [1.29, 1.82) is 0 Å². The molecule has 0 aromatic heterocycles. The number of hydrogen-bond acceptors (Lipinski definition) is 3. The van der Waals surface area contributed by atoms with Gasteiger partial charge in [0.25, 0.3) is 0 Å². The minimum absolute atomic E-state index is 0.0865. The zero-order valence-corrected chi connectivity index (χ0v) is 10.2. The summed E-state index contributed by atoms with van der Waals surface area (Å²) in [7, 11) is 0. The Kier molecular flexibility index (Phi) is 3.92. The van der Waals surface area contributed by atoms with E-state index in [2.05, 4.69) is 17.1 Å². The summed E-state index contributed by atoms with van der Waals surface area (Å²) in [6.45, 7) is 4.21. The van der Waals surface area contributed by atoms with Gasteiger partial charge in [-0.15, -0.1) is 11.8 Å². The fourth-order valence-electron chi connectivity index (χ4n) is 2.26. The van der Waals surface area contributed by atoms with E-state index in [1.165, 1.54) is 19.3 Å². The van der Waals surface area contributed by atoms with Crippen LogP contribution >= 0.6 is 11.8 Å². The maximum Gasteiger partial charge on any atom is 0.240 e. The van der Waals surface area contributed by atoms with Crippen molar-refractivity contribution in [2.75, 3.05) is 24.7 Å². The van der Waals surface area contributed by atoms with Crippen molar-refractivity contribution in [2.45, 2.75) is 32.2 Å². The first-order valence-electron chi connectivity index (χ1n) is 5.87. The van der Waals surface area contributed by atoms with Gasteiger partial charge < -0.3 is 4.90 Å². The van der Waals surface area contributed by atoms with Crippen LogP contribution in [0.3, 0.4) is 0 Å². The van der Waals surface area contributed by atoms with E-state index in [9.17, 15) is 4.79 Å².